The Morgan fingerprint density at radius 1 is 1.53 bits per heavy atom. The van der Waals surface area contributed by atoms with E-state index in [1.54, 1.807) is 6.08 Å². The van der Waals surface area contributed by atoms with Crippen molar-refractivity contribution >= 4 is 14.0 Å². The van der Waals surface area contributed by atoms with Gasteiger partial charge in [-0.2, -0.15) is 4.89 Å². The summed E-state index contributed by atoms with van der Waals surface area (Å²) in [5.41, 5.74) is 1.17. The SMILES string of the molecule is O=C(O)C1C2=C(CCC=C2)CC1[P+](=O)O. The Balaban J connectivity index is 2.35. The number of hydrogen-bond acceptors (Lipinski definition) is 2. The minimum Gasteiger partial charge on any atom is -0.481 e. The molecule has 0 bridgehead atoms. The molecule has 0 aromatic rings. The first-order valence-corrected chi connectivity index (χ1v) is 6.16. The first-order chi connectivity index (χ1) is 7.11. The highest BCUT2D eigenvalue weighted by Gasteiger charge is 2.49. The van der Waals surface area contributed by atoms with Crippen molar-refractivity contribution in [2.24, 2.45) is 5.92 Å². The van der Waals surface area contributed by atoms with Crippen LogP contribution in [0.5, 0.6) is 0 Å². The number of allylic oxidation sites excluding steroid dienone is 3. The Morgan fingerprint density at radius 3 is 2.87 bits per heavy atom. The van der Waals surface area contributed by atoms with E-state index in [1.807, 2.05) is 6.08 Å². The van der Waals surface area contributed by atoms with Crippen LogP contribution in [-0.4, -0.2) is 21.6 Å². The monoisotopic (exact) mass is 227 g/mol. The van der Waals surface area contributed by atoms with Crippen molar-refractivity contribution in [3.05, 3.63) is 23.3 Å². The minimum atomic E-state index is -2.42. The molecule has 0 amide bonds. The molecular formula is C10H12O4P+. The third-order valence-corrected chi connectivity index (χ3v) is 4.09. The first-order valence-electron chi connectivity index (χ1n) is 4.87. The van der Waals surface area contributed by atoms with Crippen LogP contribution in [0.4, 0.5) is 0 Å². The lowest BCUT2D eigenvalue weighted by Crippen LogP contribution is -2.22. The Morgan fingerprint density at radius 2 is 2.27 bits per heavy atom. The van der Waals surface area contributed by atoms with E-state index in [-0.39, 0.29) is 0 Å². The number of carboxylic acid groups (broad SMARTS) is 1. The molecule has 0 spiro atoms. The van der Waals surface area contributed by atoms with Gasteiger partial charge in [-0.3, -0.25) is 4.79 Å². The Labute approximate surface area is 88.2 Å². The molecule has 0 aromatic heterocycles. The predicted octanol–water partition coefficient (Wildman–Crippen LogP) is 1.84. The van der Waals surface area contributed by atoms with E-state index >= 15 is 0 Å². The van der Waals surface area contributed by atoms with Gasteiger partial charge in [0.15, 0.2) is 0 Å². The zero-order chi connectivity index (χ0) is 11.0. The van der Waals surface area contributed by atoms with Gasteiger partial charge >= 0.3 is 14.0 Å². The summed E-state index contributed by atoms with van der Waals surface area (Å²) in [5.74, 6) is -1.78. The summed E-state index contributed by atoms with van der Waals surface area (Å²) in [5, 5.41) is 9.06. The molecule has 0 fully saturated rings. The lowest BCUT2D eigenvalue weighted by Gasteiger charge is -2.10. The van der Waals surface area contributed by atoms with Gasteiger partial charge in [-0.25, -0.2) is 0 Å². The molecule has 80 valence electrons. The second-order valence-corrected chi connectivity index (χ2v) is 5.16. The maximum atomic E-state index is 11.1. The molecule has 4 nitrogen and oxygen atoms in total. The fourth-order valence-corrected chi connectivity index (χ4v) is 3.27. The van der Waals surface area contributed by atoms with Gasteiger partial charge in [-0.1, -0.05) is 17.7 Å². The Kier molecular flexibility index (Phi) is 2.72. The third-order valence-electron chi connectivity index (χ3n) is 3.04. The van der Waals surface area contributed by atoms with Crippen LogP contribution in [0.15, 0.2) is 23.3 Å². The quantitative estimate of drug-likeness (QED) is 0.706. The van der Waals surface area contributed by atoms with Crippen molar-refractivity contribution in [1.29, 1.82) is 0 Å². The summed E-state index contributed by atoms with van der Waals surface area (Å²) < 4.78 is 11.1. The second-order valence-electron chi connectivity index (χ2n) is 3.89. The van der Waals surface area contributed by atoms with Crippen LogP contribution in [-0.2, 0) is 9.36 Å². The summed E-state index contributed by atoms with van der Waals surface area (Å²) in [6.07, 6.45) is 5.93. The summed E-state index contributed by atoms with van der Waals surface area (Å²) in [6, 6.07) is 0. The van der Waals surface area contributed by atoms with Crippen LogP contribution in [0.3, 0.4) is 0 Å². The zero-order valence-electron chi connectivity index (χ0n) is 8.09. The molecule has 0 radical (unpaired) electrons. The molecule has 0 heterocycles. The highest BCUT2D eigenvalue weighted by molar-refractivity contribution is 7.39. The molecule has 2 N–H and O–H groups in total. The van der Waals surface area contributed by atoms with Gasteiger partial charge in [-0.05, 0) is 23.0 Å². The maximum Gasteiger partial charge on any atom is 0.510 e. The summed E-state index contributed by atoms with van der Waals surface area (Å²) >= 11 is 0. The first kappa shape index (κ1) is 10.5. The summed E-state index contributed by atoms with van der Waals surface area (Å²) in [6.45, 7) is 0. The van der Waals surface area contributed by atoms with E-state index < -0.39 is 25.6 Å². The van der Waals surface area contributed by atoms with Crippen molar-refractivity contribution in [2.75, 3.05) is 0 Å². The van der Waals surface area contributed by atoms with Gasteiger partial charge in [0.05, 0.1) is 0 Å². The number of carboxylic acids is 1. The Hall–Kier alpha value is -0.990. The van der Waals surface area contributed by atoms with E-state index in [9.17, 15) is 9.36 Å². The van der Waals surface area contributed by atoms with E-state index in [1.165, 1.54) is 0 Å². The standard InChI is InChI=1S/C10H11O4P/c11-10(12)9-7-4-2-1-3-6(7)5-8(9)15(13)14/h2,4,8-9H,1,3,5H2,(H-,11,12,13,14)/p+1. The normalized spacial score (nSPS) is 30.3. The van der Waals surface area contributed by atoms with Gasteiger partial charge in [0.25, 0.3) is 0 Å². The number of hydrogen-bond donors (Lipinski definition) is 2. The van der Waals surface area contributed by atoms with Crippen molar-refractivity contribution in [2.45, 2.75) is 24.9 Å². The van der Waals surface area contributed by atoms with Gasteiger partial charge in [-0.15, -0.1) is 0 Å². The molecule has 3 unspecified atom stereocenters. The van der Waals surface area contributed by atoms with E-state index in [4.69, 9.17) is 10.00 Å². The van der Waals surface area contributed by atoms with E-state index in [0.29, 0.717) is 6.42 Å². The molecule has 0 saturated heterocycles. The van der Waals surface area contributed by atoms with Gasteiger partial charge in [0.1, 0.15) is 5.92 Å². The highest BCUT2D eigenvalue weighted by atomic mass is 31.1. The van der Waals surface area contributed by atoms with Gasteiger partial charge in [0, 0.05) is 6.42 Å². The average Bonchev–Trinajstić information content (AvgIpc) is 2.56. The number of carbonyl (C=O) groups is 1. The number of aliphatic carboxylic acids is 1. The number of rotatable bonds is 2. The maximum absolute atomic E-state index is 11.1. The molecule has 2 aliphatic rings. The minimum absolute atomic E-state index is 0.461. The highest BCUT2D eigenvalue weighted by Crippen LogP contribution is 2.47. The van der Waals surface area contributed by atoms with Crippen LogP contribution < -0.4 is 0 Å². The van der Waals surface area contributed by atoms with Crippen LogP contribution >= 0.6 is 8.03 Å². The largest absolute Gasteiger partial charge is 0.510 e. The van der Waals surface area contributed by atoms with Gasteiger partial charge < -0.3 is 5.11 Å². The van der Waals surface area contributed by atoms with Crippen molar-refractivity contribution in [3.63, 3.8) is 0 Å². The fourth-order valence-electron chi connectivity index (χ4n) is 2.35. The van der Waals surface area contributed by atoms with Crippen LogP contribution in [0, 0.1) is 5.92 Å². The zero-order valence-corrected chi connectivity index (χ0v) is 8.98. The molecule has 2 rings (SSSR count). The fraction of sp³-hybridized carbons (Fsp3) is 0.500. The van der Waals surface area contributed by atoms with Crippen LogP contribution in [0.2, 0.25) is 0 Å². The van der Waals surface area contributed by atoms with Crippen LogP contribution in [0.25, 0.3) is 0 Å². The molecular weight excluding hydrogens is 215 g/mol. The predicted molar refractivity (Wildman–Crippen MR) is 54.8 cm³/mol. The molecule has 2 aliphatic carbocycles. The molecule has 0 aromatic carbocycles. The van der Waals surface area contributed by atoms with Crippen molar-refractivity contribution in [1.82, 2.24) is 0 Å². The van der Waals surface area contributed by atoms with E-state index in [0.717, 1.165) is 24.0 Å². The van der Waals surface area contributed by atoms with Crippen molar-refractivity contribution in [3.8, 4) is 0 Å². The topological polar surface area (TPSA) is 74.6 Å². The van der Waals surface area contributed by atoms with Gasteiger partial charge in [0.2, 0.25) is 5.66 Å². The second kappa shape index (κ2) is 3.87. The summed E-state index contributed by atoms with van der Waals surface area (Å²) in [7, 11) is -2.42. The molecule has 0 saturated carbocycles. The lowest BCUT2D eigenvalue weighted by atomic mass is 9.95. The molecule has 5 heteroatoms. The van der Waals surface area contributed by atoms with Crippen molar-refractivity contribution < 1.29 is 19.4 Å². The summed E-state index contributed by atoms with van der Waals surface area (Å²) in [4.78, 5) is 20.2. The average molecular weight is 227 g/mol. The third kappa shape index (κ3) is 1.75. The lowest BCUT2D eigenvalue weighted by molar-refractivity contribution is -0.140. The molecule has 0 aliphatic heterocycles. The van der Waals surface area contributed by atoms with Crippen LogP contribution in [0.1, 0.15) is 19.3 Å². The Bertz CT molecular complexity index is 383. The molecule has 3 atom stereocenters. The van der Waals surface area contributed by atoms with E-state index in [2.05, 4.69) is 0 Å². The smallest absolute Gasteiger partial charge is 0.481 e. The molecule has 15 heavy (non-hydrogen) atoms.